The second kappa shape index (κ2) is 6.97. The third-order valence-corrected chi connectivity index (χ3v) is 4.27. The van der Waals surface area contributed by atoms with E-state index in [9.17, 15) is 4.79 Å². The summed E-state index contributed by atoms with van der Waals surface area (Å²) in [6, 6.07) is 7.07. The monoisotopic (exact) mass is 371 g/mol. The lowest BCUT2D eigenvalue weighted by molar-refractivity contribution is -0.113. The Morgan fingerprint density at radius 2 is 2.25 bits per heavy atom. The Kier molecular flexibility index (Phi) is 5.28. The molecular formula is C13H11BrClN3OS. The van der Waals surface area contributed by atoms with Crippen LogP contribution in [0, 0.1) is 0 Å². The standard InChI is InChI=1S/C13H11BrClN3OS/c14-8-1-2-11(9(15)5-8)18-13(19)7-20-12-3-4-17-6-10(12)16/h1-6H,7,16H2,(H,18,19). The Labute approximate surface area is 134 Å². The van der Waals surface area contributed by atoms with Crippen molar-refractivity contribution in [3.8, 4) is 0 Å². The smallest absolute Gasteiger partial charge is 0.234 e. The predicted molar refractivity (Wildman–Crippen MR) is 87.2 cm³/mol. The number of halogens is 2. The Morgan fingerprint density at radius 1 is 1.45 bits per heavy atom. The molecule has 7 heteroatoms. The molecule has 0 saturated heterocycles. The zero-order valence-electron chi connectivity index (χ0n) is 10.3. The molecule has 0 aliphatic heterocycles. The first kappa shape index (κ1) is 15.2. The molecule has 0 unspecified atom stereocenters. The molecule has 0 radical (unpaired) electrons. The summed E-state index contributed by atoms with van der Waals surface area (Å²) >= 11 is 10.7. The molecule has 1 heterocycles. The van der Waals surface area contributed by atoms with E-state index >= 15 is 0 Å². The second-order valence-corrected chi connectivity index (χ2v) is 6.21. The van der Waals surface area contributed by atoms with Gasteiger partial charge in [0.15, 0.2) is 0 Å². The molecule has 104 valence electrons. The van der Waals surface area contributed by atoms with E-state index in [1.807, 2.05) is 6.07 Å². The summed E-state index contributed by atoms with van der Waals surface area (Å²) in [7, 11) is 0. The molecule has 1 amide bonds. The number of nitrogens with one attached hydrogen (secondary N) is 1. The Balaban J connectivity index is 1.94. The number of pyridine rings is 1. The minimum absolute atomic E-state index is 0.143. The lowest BCUT2D eigenvalue weighted by Gasteiger charge is -2.08. The number of nitrogens with two attached hydrogens (primary N) is 1. The highest BCUT2D eigenvalue weighted by molar-refractivity contribution is 9.10. The highest BCUT2D eigenvalue weighted by atomic mass is 79.9. The molecule has 0 saturated carbocycles. The highest BCUT2D eigenvalue weighted by Crippen LogP contribution is 2.27. The maximum absolute atomic E-state index is 11.9. The van der Waals surface area contributed by atoms with Crippen LogP contribution in [0.1, 0.15) is 0 Å². The molecule has 0 spiro atoms. The number of nitrogen functional groups attached to an aromatic ring is 1. The molecule has 20 heavy (non-hydrogen) atoms. The van der Waals surface area contributed by atoms with Gasteiger partial charge in [-0.25, -0.2) is 0 Å². The summed E-state index contributed by atoms with van der Waals surface area (Å²) in [5.74, 6) is 0.107. The van der Waals surface area contributed by atoms with Gasteiger partial charge in [-0.15, -0.1) is 11.8 Å². The fourth-order valence-corrected chi connectivity index (χ4v) is 2.90. The average Bonchev–Trinajstić information content (AvgIpc) is 2.41. The van der Waals surface area contributed by atoms with Gasteiger partial charge in [0.05, 0.1) is 28.3 Å². The Hall–Kier alpha value is -1.24. The first-order valence-corrected chi connectivity index (χ1v) is 7.79. The Morgan fingerprint density at radius 3 is 2.95 bits per heavy atom. The Bertz CT molecular complexity index is 639. The first-order chi connectivity index (χ1) is 9.56. The maximum atomic E-state index is 11.9. The van der Waals surface area contributed by atoms with Gasteiger partial charge < -0.3 is 11.1 Å². The molecule has 3 N–H and O–H groups in total. The second-order valence-electron chi connectivity index (χ2n) is 3.87. The van der Waals surface area contributed by atoms with Gasteiger partial charge in [-0.05, 0) is 24.3 Å². The molecule has 0 aliphatic carbocycles. The van der Waals surface area contributed by atoms with Gasteiger partial charge in [-0.3, -0.25) is 9.78 Å². The van der Waals surface area contributed by atoms with Crippen LogP contribution in [0.25, 0.3) is 0 Å². The third kappa shape index (κ3) is 4.13. The molecule has 0 atom stereocenters. The zero-order valence-corrected chi connectivity index (χ0v) is 13.4. The van der Waals surface area contributed by atoms with Gasteiger partial charge in [-0.2, -0.15) is 0 Å². The number of benzene rings is 1. The van der Waals surface area contributed by atoms with Crippen molar-refractivity contribution < 1.29 is 4.79 Å². The lowest BCUT2D eigenvalue weighted by atomic mass is 10.3. The van der Waals surface area contributed by atoms with Crippen molar-refractivity contribution in [2.75, 3.05) is 16.8 Å². The number of anilines is 2. The number of carbonyl (C=O) groups excluding carboxylic acids is 1. The van der Waals surface area contributed by atoms with Gasteiger partial charge in [0.2, 0.25) is 5.91 Å². The summed E-state index contributed by atoms with van der Waals surface area (Å²) in [5.41, 5.74) is 6.91. The highest BCUT2D eigenvalue weighted by Gasteiger charge is 2.08. The van der Waals surface area contributed by atoms with Gasteiger partial charge in [0.25, 0.3) is 0 Å². The van der Waals surface area contributed by atoms with Crippen LogP contribution in [0.15, 0.2) is 46.0 Å². The van der Waals surface area contributed by atoms with Crippen molar-refractivity contribution in [3.05, 3.63) is 46.2 Å². The summed E-state index contributed by atoms with van der Waals surface area (Å²) in [6.45, 7) is 0. The van der Waals surface area contributed by atoms with E-state index in [0.717, 1.165) is 9.37 Å². The van der Waals surface area contributed by atoms with Crippen molar-refractivity contribution in [2.24, 2.45) is 0 Å². The van der Waals surface area contributed by atoms with E-state index in [4.69, 9.17) is 17.3 Å². The van der Waals surface area contributed by atoms with Crippen molar-refractivity contribution in [1.82, 2.24) is 4.98 Å². The van der Waals surface area contributed by atoms with E-state index in [0.29, 0.717) is 16.4 Å². The quantitative estimate of drug-likeness (QED) is 0.801. The average molecular weight is 373 g/mol. The number of carbonyl (C=O) groups is 1. The summed E-state index contributed by atoms with van der Waals surface area (Å²) in [4.78, 5) is 16.6. The van der Waals surface area contributed by atoms with Crippen LogP contribution in [0.4, 0.5) is 11.4 Å². The van der Waals surface area contributed by atoms with E-state index in [-0.39, 0.29) is 11.7 Å². The molecule has 0 bridgehead atoms. The minimum atomic E-state index is -0.143. The molecule has 0 fully saturated rings. The van der Waals surface area contributed by atoms with Gasteiger partial charge in [-0.1, -0.05) is 27.5 Å². The molecule has 2 aromatic rings. The summed E-state index contributed by atoms with van der Waals surface area (Å²) in [6.07, 6.45) is 3.20. The van der Waals surface area contributed by atoms with Crippen LogP contribution in [-0.4, -0.2) is 16.6 Å². The van der Waals surface area contributed by atoms with Gasteiger partial charge in [0, 0.05) is 15.6 Å². The van der Waals surface area contributed by atoms with Crippen LogP contribution >= 0.6 is 39.3 Å². The largest absolute Gasteiger partial charge is 0.397 e. The minimum Gasteiger partial charge on any atom is -0.397 e. The molecule has 4 nitrogen and oxygen atoms in total. The van der Waals surface area contributed by atoms with Gasteiger partial charge in [0.1, 0.15) is 0 Å². The fraction of sp³-hybridized carbons (Fsp3) is 0.0769. The number of aromatic nitrogens is 1. The van der Waals surface area contributed by atoms with E-state index in [2.05, 4.69) is 26.2 Å². The molecular weight excluding hydrogens is 362 g/mol. The number of amides is 1. The van der Waals surface area contributed by atoms with Crippen LogP contribution in [-0.2, 0) is 4.79 Å². The summed E-state index contributed by atoms with van der Waals surface area (Å²) in [5, 5.41) is 3.25. The number of hydrogen-bond donors (Lipinski definition) is 2. The number of nitrogens with zero attached hydrogens (tertiary/aromatic N) is 1. The number of rotatable bonds is 4. The maximum Gasteiger partial charge on any atom is 0.234 e. The topological polar surface area (TPSA) is 68.0 Å². The summed E-state index contributed by atoms with van der Waals surface area (Å²) < 4.78 is 0.861. The van der Waals surface area contributed by atoms with Crippen molar-refractivity contribution in [3.63, 3.8) is 0 Å². The number of thioether (sulfide) groups is 1. The van der Waals surface area contributed by atoms with Crippen molar-refractivity contribution >= 4 is 56.6 Å². The van der Waals surface area contributed by atoms with Crippen LogP contribution in [0.5, 0.6) is 0 Å². The van der Waals surface area contributed by atoms with Crippen LogP contribution < -0.4 is 11.1 Å². The normalized spacial score (nSPS) is 10.3. The molecule has 1 aromatic carbocycles. The van der Waals surface area contributed by atoms with Crippen molar-refractivity contribution in [2.45, 2.75) is 4.90 Å². The SMILES string of the molecule is Nc1cnccc1SCC(=O)Nc1ccc(Br)cc1Cl. The lowest BCUT2D eigenvalue weighted by Crippen LogP contribution is -2.14. The van der Waals surface area contributed by atoms with Crippen LogP contribution in [0.2, 0.25) is 5.02 Å². The zero-order chi connectivity index (χ0) is 14.5. The van der Waals surface area contributed by atoms with Gasteiger partial charge >= 0.3 is 0 Å². The van der Waals surface area contributed by atoms with E-state index < -0.39 is 0 Å². The predicted octanol–water partition coefficient (Wildman–Crippen LogP) is 3.81. The van der Waals surface area contributed by atoms with Crippen LogP contribution in [0.3, 0.4) is 0 Å². The first-order valence-electron chi connectivity index (χ1n) is 5.63. The third-order valence-electron chi connectivity index (χ3n) is 2.37. The van der Waals surface area contributed by atoms with E-state index in [1.54, 1.807) is 30.6 Å². The molecule has 1 aromatic heterocycles. The number of hydrogen-bond acceptors (Lipinski definition) is 4. The molecule has 2 rings (SSSR count). The van der Waals surface area contributed by atoms with Crippen molar-refractivity contribution in [1.29, 1.82) is 0 Å². The fourth-order valence-electron chi connectivity index (χ4n) is 1.45. The van der Waals surface area contributed by atoms with E-state index in [1.165, 1.54) is 11.8 Å². The molecule has 0 aliphatic rings.